The molecule has 0 unspecified atom stereocenters. The summed E-state index contributed by atoms with van der Waals surface area (Å²) in [6.07, 6.45) is 0. The highest BCUT2D eigenvalue weighted by Gasteiger charge is 2.44. The van der Waals surface area contributed by atoms with Crippen molar-refractivity contribution in [3.63, 3.8) is 0 Å². The molecule has 8 nitrogen and oxygen atoms in total. The number of esters is 1. The van der Waals surface area contributed by atoms with E-state index in [1.807, 2.05) is 0 Å². The Kier molecular flexibility index (Phi) is 8.61. The molecule has 2 atom stereocenters. The first kappa shape index (κ1) is 25.6. The molecule has 0 aliphatic carbocycles. The second-order valence-electron chi connectivity index (χ2n) is 7.06. The zero-order valence-electron chi connectivity index (χ0n) is 18.1. The second-order valence-corrected chi connectivity index (χ2v) is 9.37. The van der Waals surface area contributed by atoms with Crippen LogP contribution in [0.5, 0.6) is 5.75 Å². The van der Waals surface area contributed by atoms with Crippen LogP contribution in [0, 0.1) is 17.2 Å². The van der Waals surface area contributed by atoms with Crippen LogP contribution in [0.4, 0.5) is 5.69 Å². The summed E-state index contributed by atoms with van der Waals surface area (Å²) in [5.74, 6) is -3.44. The third kappa shape index (κ3) is 5.73. The molecule has 2 aromatic rings. The van der Waals surface area contributed by atoms with Gasteiger partial charge in [0.25, 0.3) is 0 Å². The summed E-state index contributed by atoms with van der Waals surface area (Å²) in [6, 6.07) is 13.8. The first-order chi connectivity index (χ1) is 16.3. The van der Waals surface area contributed by atoms with E-state index in [0.717, 1.165) is 16.2 Å². The minimum Gasteiger partial charge on any atom is -0.497 e. The van der Waals surface area contributed by atoms with Crippen LogP contribution in [0.1, 0.15) is 11.5 Å². The number of nitrogens with zero attached hydrogens (tertiary/aromatic N) is 1. The van der Waals surface area contributed by atoms with Crippen LogP contribution < -0.4 is 15.4 Å². The number of carbonyl (C=O) groups is 3. The average Bonchev–Trinajstić information content (AvgIpc) is 2.83. The number of thioether (sulfide) groups is 1. The second kappa shape index (κ2) is 11.4. The molecular formula is C23H19BrClN3O5S. The summed E-state index contributed by atoms with van der Waals surface area (Å²) < 4.78 is 10.8. The van der Waals surface area contributed by atoms with Gasteiger partial charge in [0.15, 0.2) is 0 Å². The number of halogens is 2. The molecule has 0 aromatic heterocycles. The molecular weight excluding hydrogens is 546 g/mol. The molecule has 176 valence electrons. The topological polar surface area (TPSA) is 118 Å². The third-order valence-electron chi connectivity index (χ3n) is 5.01. The number of allylic oxidation sites excluding steroid dienone is 1. The lowest BCUT2D eigenvalue weighted by Crippen LogP contribution is -2.44. The van der Waals surface area contributed by atoms with Crippen molar-refractivity contribution in [2.75, 3.05) is 25.3 Å². The van der Waals surface area contributed by atoms with Gasteiger partial charge in [-0.25, -0.2) is 0 Å². The number of nitriles is 1. The molecule has 3 rings (SSSR count). The summed E-state index contributed by atoms with van der Waals surface area (Å²) >= 11 is 10.4. The number of hydrogen-bond donors (Lipinski definition) is 2. The van der Waals surface area contributed by atoms with E-state index in [0.29, 0.717) is 22.0 Å². The van der Waals surface area contributed by atoms with Gasteiger partial charge in [0, 0.05) is 10.4 Å². The van der Waals surface area contributed by atoms with Crippen molar-refractivity contribution in [2.45, 2.75) is 5.92 Å². The van der Waals surface area contributed by atoms with E-state index in [1.54, 1.807) is 42.5 Å². The van der Waals surface area contributed by atoms with E-state index in [4.69, 9.17) is 21.1 Å². The number of nitrogens with one attached hydrogen (secondary N) is 2. The number of ether oxygens (including phenoxy) is 2. The minimum atomic E-state index is -1.26. The largest absolute Gasteiger partial charge is 0.497 e. The van der Waals surface area contributed by atoms with Crippen molar-refractivity contribution >= 4 is 62.8 Å². The van der Waals surface area contributed by atoms with Crippen molar-refractivity contribution in [3.05, 3.63) is 68.1 Å². The van der Waals surface area contributed by atoms with Crippen LogP contribution in [-0.2, 0) is 19.1 Å². The van der Waals surface area contributed by atoms with E-state index in [9.17, 15) is 19.6 Å². The van der Waals surface area contributed by atoms with Crippen molar-refractivity contribution in [2.24, 2.45) is 5.92 Å². The molecule has 2 aromatic carbocycles. The Morgan fingerprint density at radius 3 is 2.53 bits per heavy atom. The van der Waals surface area contributed by atoms with Crippen LogP contribution in [0.2, 0.25) is 5.02 Å². The van der Waals surface area contributed by atoms with Gasteiger partial charge in [0.1, 0.15) is 11.7 Å². The maximum Gasteiger partial charge on any atom is 0.319 e. The molecule has 0 radical (unpaired) electrons. The highest BCUT2D eigenvalue weighted by Crippen LogP contribution is 2.40. The van der Waals surface area contributed by atoms with Crippen LogP contribution in [0.25, 0.3) is 0 Å². The Morgan fingerprint density at radius 2 is 1.94 bits per heavy atom. The Labute approximate surface area is 213 Å². The van der Waals surface area contributed by atoms with E-state index in [1.165, 1.54) is 14.2 Å². The zero-order chi connectivity index (χ0) is 24.8. The Hall–Kier alpha value is -3.00. The Balaban J connectivity index is 1.89. The zero-order valence-corrected chi connectivity index (χ0v) is 21.2. The van der Waals surface area contributed by atoms with Gasteiger partial charge in [-0.15, -0.1) is 0 Å². The predicted octanol–water partition coefficient (Wildman–Crippen LogP) is 4.22. The van der Waals surface area contributed by atoms with E-state index < -0.39 is 23.7 Å². The summed E-state index contributed by atoms with van der Waals surface area (Å²) in [6.45, 7) is 0. The Bertz CT molecular complexity index is 1200. The predicted molar refractivity (Wildman–Crippen MR) is 132 cm³/mol. The number of hydrogen-bond acceptors (Lipinski definition) is 7. The number of benzene rings is 2. The van der Waals surface area contributed by atoms with E-state index in [-0.39, 0.29) is 22.3 Å². The molecule has 0 fully saturated rings. The van der Waals surface area contributed by atoms with Crippen LogP contribution in [0.15, 0.2) is 57.5 Å². The fourth-order valence-electron chi connectivity index (χ4n) is 3.41. The van der Waals surface area contributed by atoms with Gasteiger partial charge in [0.2, 0.25) is 11.8 Å². The lowest BCUT2D eigenvalue weighted by Gasteiger charge is -2.31. The number of amides is 2. The number of methoxy groups -OCH3 is 2. The van der Waals surface area contributed by atoms with Crippen molar-refractivity contribution in [3.8, 4) is 11.8 Å². The number of anilines is 1. The number of rotatable bonds is 7. The minimum absolute atomic E-state index is 0.106. The molecule has 2 N–H and O–H groups in total. The summed E-state index contributed by atoms with van der Waals surface area (Å²) in [7, 11) is 2.69. The summed E-state index contributed by atoms with van der Waals surface area (Å²) in [5, 5.41) is 15.8. The third-order valence-corrected chi connectivity index (χ3v) is 6.83. The fraction of sp³-hybridized carbons (Fsp3) is 0.217. The van der Waals surface area contributed by atoms with Gasteiger partial charge in [-0.1, -0.05) is 51.4 Å². The fourth-order valence-corrected chi connectivity index (χ4v) is 4.97. The molecule has 0 spiro atoms. The molecule has 34 heavy (non-hydrogen) atoms. The van der Waals surface area contributed by atoms with Gasteiger partial charge in [-0.05, 0) is 35.9 Å². The molecule has 1 heterocycles. The quantitative estimate of drug-likeness (QED) is 0.382. The van der Waals surface area contributed by atoms with Crippen LogP contribution in [-0.4, -0.2) is 37.8 Å². The van der Waals surface area contributed by atoms with Gasteiger partial charge in [-0.3, -0.25) is 14.4 Å². The van der Waals surface area contributed by atoms with Crippen molar-refractivity contribution in [1.82, 2.24) is 5.32 Å². The molecule has 1 aliphatic rings. The highest BCUT2D eigenvalue weighted by molar-refractivity contribution is 9.10. The molecule has 11 heteroatoms. The molecule has 2 amide bonds. The molecule has 0 bridgehead atoms. The lowest BCUT2D eigenvalue weighted by atomic mass is 9.78. The standard InChI is InChI=1S/C23H19BrClN3O5S/c1-32-14-6-3-12(4-7-14)19-15(10-26)22(28-21(30)20(19)23(31)33-2)34-11-18(29)27-17-8-5-13(24)9-16(17)25/h3-9,19-20H,11H2,1-2H3,(H,27,29)(H,28,30)/t19-,20+/m1/s1. The number of carbonyl (C=O) groups excluding carboxylic acids is 3. The monoisotopic (exact) mass is 563 g/mol. The Morgan fingerprint density at radius 1 is 1.24 bits per heavy atom. The lowest BCUT2D eigenvalue weighted by molar-refractivity contribution is -0.150. The van der Waals surface area contributed by atoms with Gasteiger partial charge in [-0.2, -0.15) is 5.26 Å². The molecule has 0 saturated heterocycles. The SMILES string of the molecule is COC(=O)[C@@H]1C(=O)NC(SCC(=O)Nc2ccc(Br)cc2Cl)=C(C#N)[C@H]1c1ccc(OC)cc1. The van der Waals surface area contributed by atoms with Gasteiger partial charge in [0.05, 0.1) is 47.4 Å². The normalized spacial score (nSPS) is 17.4. The summed E-state index contributed by atoms with van der Waals surface area (Å²) in [5.41, 5.74) is 1.14. The smallest absolute Gasteiger partial charge is 0.319 e. The van der Waals surface area contributed by atoms with E-state index >= 15 is 0 Å². The maximum absolute atomic E-state index is 12.9. The van der Waals surface area contributed by atoms with Crippen LogP contribution >= 0.6 is 39.3 Å². The van der Waals surface area contributed by atoms with Crippen molar-refractivity contribution < 1.29 is 23.9 Å². The molecule has 1 aliphatic heterocycles. The first-order valence-electron chi connectivity index (χ1n) is 9.83. The first-order valence-corrected chi connectivity index (χ1v) is 12.0. The average molecular weight is 565 g/mol. The van der Waals surface area contributed by atoms with Gasteiger partial charge >= 0.3 is 5.97 Å². The highest BCUT2D eigenvalue weighted by atomic mass is 79.9. The van der Waals surface area contributed by atoms with E-state index in [2.05, 4.69) is 32.6 Å². The summed E-state index contributed by atoms with van der Waals surface area (Å²) in [4.78, 5) is 37.8. The molecule has 0 saturated carbocycles. The van der Waals surface area contributed by atoms with Gasteiger partial charge < -0.3 is 20.1 Å². The van der Waals surface area contributed by atoms with Crippen LogP contribution in [0.3, 0.4) is 0 Å². The van der Waals surface area contributed by atoms with Crippen molar-refractivity contribution in [1.29, 1.82) is 5.26 Å². The maximum atomic E-state index is 12.9.